The maximum absolute atomic E-state index is 8.77. The van der Waals surface area contributed by atoms with Crippen molar-refractivity contribution in [3.63, 3.8) is 0 Å². The molecule has 0 fully saturated rings. The average Bonchev–Trinajstić information content (AvgIpc) is 2.11. The van der Waals surface area contributed by atoms with Crippen LogP contribution in [0.3, 0.4) is 0 Å². The van der Waals surface area contributed by atoms with Gasteiger partial charge in [0.1, 0.15) is 11.8 Å². The summed E-state index contributed by atoms with van der Waals surface area (Å²) in [5, 5.41) is 15.6. The lowest BCUT2D eigenvalue weighted by atomic mass is 10.1. The molecule has 0 radical (unpaired) electrons. The van der Waals surface area contributed by atoms with Crippen molar-refractivity contribution in [2.24, 2.45) is 16.2 Å². The van der Waals surface area contributed by atoms with E-state index >= 15 is 0 Å². The number of benzene rings is 1. The van der Waals surface area contributed by atoms with Crippen LogP contribution in [-0.4, -0.2) is 0 Å². The van der Waals surface area contributed by atoms with Gasteiger partial charge in [0.2, 0.25) is 0 Å². The van der Waals surface area contributed by atoms with Crippen LogP contribution in [-0.2, 0) is 0 Å². The van der Waals surface area contributed by atoms with Crippen molar-refractivity contribution in [2.45, 2.75) is 13.8 Å². The molecule has 0 unspecified atom stereocenters. The number of nitriles is 1. The van der Waals surface area contributed by atoms with Crippen molar-refractivity contribution >= 4 is 5.69 Å². The van der Waals surface area contributed by atoms with Crippen LogP contribution in [0.2, 0.25) is 0 Å². The fourth-order valence-corrected chi connectivity index (χ4v) is 1.04. The highest BCUT2D eigenvalue weighted by molar-refractivity contribution is 5.56. The van der Waals surface area contributed by atoms with Gasteiger partial charge in [0.05, 0.1) is 5.56 Å². The summed E-state index contributed by atoms with van der Waals surface area (Å²) in [6.07, 6.45) is 0. The van der Waals surface area contributed by atoms with Gasteiger partial charge in [0.25, 0.3) is 0 Å². The molecule has 0 aliphatic rings. The second kappa shape index (κ2) is 3.68. The molecule has 0 saturated heterocycles. The summed E-state index contributed by atoms with van der Waals surface area (Å²) in [6.45, 7) is 3.89. The fourth-order valence-electron chi connectivity index (χ4n) is 1.04. The number of hydrogen-bond acceptors (Lipinski definition) is 3. The lowest BCUT2D eigenvalue weighted by Crippen LogP contribution is -1.85. The molecule has 0 atom stereocenters. The van der Waals surface area contributed by atoms with Gasteiger partial charge in [-0.15, -0.1) is 5.11 Å². The monoisotopic (exact) mass is 174 g/mol. The zero-order chi connectivity index (χ0) is 9.84. The first kappa shape index (κ1) is 9.20. The number of hydrogen-bond donors (Lipinski definition) is 1. The first-order valence-electron chi connectivity index (χ1n) is 3.81. The number of nitrogens with two attached hydrogens (primary N) is 1. The van der Waals surface area contributed by atoms with Gasteiger partial charge in [0, 0.05) is 0 Å². The second-order valence-electron chi connectivity index (χ2n) is 2.78. The Morgan fingerprint density at radius 2 is 1.92 bits per heavy atom. The predicted octanol–water partition coefficient (Wildman–Crippen LogP) is 2.13. The Labute approximate surface area is 76.7 Å². The van der Waals surface area contributed by atoms with Crippen LogP contribution in [0.25, 0.3) is 0 Å². The third-order valence-electron chi connectivity index (χ3n) is 1.90. The molecule has 0 saturated carbocycles. The van der Waals surface area contributed by atoms with E-state index in [9.17, 15) is 0 Å². The van der Waals surface area contributed by atoms with Gasteiger partial charge in [-0.05, 0) is 37.1 Å². The maximum atomic E-state index is 8.77. The molecule has 4 heteroatoms. The van der Waals surface area contributed by atoms with Crippen molar-refractivity contribution in [1.82, 2.24) is 0 Å². The SMILES string of the molecule is Cc1cc(C#N)c(N=NN)cc1C. The Hall–Kier alpha value is -1.89. The molecule has 0 amide bonds. The van der Waals surface area contributed by atoms with Crippen LogP contribution in [0.15, 0.2) is 22.5 Å². The van der Waals surface area contributed by atoms with E-state index in [1.165, 1.54) is 0 Å². The van der Waals surface area contributed by atoms with Gasteiger partial charge in [-0.2, -0.15) is 5.26 Å². The Morgan fingerprint density at radius 3 is 2.46 bits per heavy atom. The highest BCUT2D eigenvalue weighted by Crippen LogP contribution is 2.22. The maximum Gasteiger partial charge on any atom is 0.105 e. The van der Waals surface area contributed by atoms with Gasteiger partial charge in [-0.25, -0.2) is 0 Å². The Kier molecular flexibility index (Phi) is 2.60. The molecule has 13 heavy (non-hydrogen) atoms. The molecule has 66 valence electrons. The first-order chi connectivity index (χ1) is 6.19. The topological polar surface area (TPSA) is 74.5 Å². The molecule has 2 N–H and O–H groups in total. The van der Waals surface area contributed by atoms with Gasteiger partial charge in [0.15, 0.2) is 0 Å². The van der Waals surface area contributed by atoms with Gasteiger partial charge in [-0.1, -0.05) is 5.22 Å². The van der Waals surface area contributed by atoms with Gasteiger partial charge >= 0.3 is 0 Å². The highest BCUT2D eigenvalue weighted by Gasteiger charge is 2.03. The van der Waals surface area contributed by atoms with E-state index in [1.54, 1.807) is 12.1 Å². The van der Waals surface area contributed by atoms with E-state index < -0.39 is 0 Å². The summed E-state index contributed by atoms with van der Waals surface area (Å²) in [6, 6.07) is 5.61. The Morgan fingerprint density at radius 1 is 1.31 bits per heavy atom. The molecule has 1 aromatic rings. The molecule has 0 aromatic heterocycles. The second-order valence-corrected chi connectivity index (χ2v) is 2.78. The van der Waals surface area contributed by atoms with Crippen LogP contribution in [0.4, 0.5) is 5.69 Å². The van der Waals surface area contributed by atoms with E-state index in [4.69, 9.17) is 11.1 Å². The van der Waals surface area contributed by atoms with E-state index in [0.717, 1.165) is 11.1 Å². The van der Waals surface area contributed by atoms with Crippen molar-refractivity contribution in [3.05, 3.63) is 28.8 Å². The van der Waals surface area contributed by atoms with Crippen molar-refractivity contribution < 1.29 is 0 Å². The van der Waals surface area contributed by atoms with Gasteiger partial charge in [-0.3, -0.25) is 0 Å². The summed E-state index contributed by atoms with van der Waals surface area (Å²) < 4.78 is 0. The Bertz CT molecular complexity index is 387. The predicted molar refractivity (Wildman–Crippen MR) is 49.3 cm³/mol. The zero-order valence-corrected chi connectivity index (χ0v) is 7.57. The smallest absolute Gasteiger partial charge is 0.105 e. The largest absolute Gasteiger partial charge is 0.305 e. The normalized spacial score (nSPS) is 10.2. The highest BCUT2D eigenvalue weighted by atomic mass is 15.3. The van der Waals surface area contributed by atoms with Crippen LogP contribution >= 0.6 is 0 Å². The molecule has 1 aromatic carbocycles. The molecule has 0 aliphatic carbocycles. The molecule has 0 aliphatic heterocycles. The van der Waals surface area contributed by atoms with Gasteiger partial charge < -0.3 is 5.84 Å². The molecule has 1 rings (SSSR count). The minimum absolute atomic E-state index is 0.498. The minimum Gasteiger partial charge on any atom is -0.305 e. The van der Waals surface area contributed by atoms with Crippen molar-refractivity contribution in [1.29, 1.82) is 5.26 Å². The average molecular weight is 174 g/mol. The van der Waals surface area contributed by atoms with Crippen LogP contribution in [0.1, 0.15) is 16.7 Å². The molecule has 0 bridgehead atoms. The fraction of sp³-hybridized carbons (Fsp3) is 0.222. The molecular weight excluding hydrogens is 164 g/mol. The number of nitrogens with zero attached hydrogens (tertiary/aromatic N) is 3. The number of rotatable bonds is 1. The Balaban J connectivity index is 3.35. The molecule has 0 heterocycles. The quantitative estimate of drug-likeness (QED) is 0.402. The van der Waals surface area contributed by atoms with E-state index in [-0.39, 0.29) is 0 Å². The molecule has 4 nitrogen and oxygen atoms in total. The molecule has 0 spiro atoms. The van der Waals surface area contributed by atoms with Crippen molar-refractivity contribution in [3.8, 4) is 6.07 Å². The minimum atomic E-state index is 0.498. The van der Waals surface area contributed by atoms with Crippen LogP contribution < -0.4 is 5.84 Å². The third-order valence-corrected chi connectivity index (χ3v) is 1.90. The lowest BCUT2D eigenvalue weighted by molar-refractivity contribution is 1.06. The van der Waals surface area contributed by atoms with Crippen LogP contribution in [0, 0.1) is 25.2 Å². The van der Waals surface area contributed by atoms with E-state index in [2.05, 4.69) is 10.3 Å². The summed E-state index contributed by atoms with van der Waals surface area (Å²) in [5.41, 5.74) is 3.15. The standard InChI is InChI=1S/C9H10N4/c1-6-3-8(5-10)9(12-13-11)4-7(6)2/h3-4H,1-2H3,(H2,11,12). The zero-order valence-electron chi connectivity index (χ0n) is 7.57. The summed E-state index contributed by atoms with van der Waals surface area (Å²) in [5.74, 6) is 4.92. The third kappa shape index (κ3) is 1.82. The van der Waals surface area contributed by atoms with Crippen molar-refractivity contribution in [2.75, 3.05) is 0 Å². The molecular formula is C9H10N4. The summed E-state index contributed by atoms with van der Waals surface area (Å²) in [7, 11) is 0. The number of aryl methyl sites for hydroxylation is 2. The lowest BCUT2D eigenvalue weighted by Gasteiger charge is -2.01. The van der Waals surface area contributed by atoms with E-state index in [1.807, 2.05) is 19.9 Å². The van der Waals surface area contributed by atoms with Crippen LogP contribution in [0.5, 0.6) is 0 Å². The van der Waals surface area contributed by atoms with E-state index in [0.29, 0.717) is 11.3 Å². The summed E-state index contributed by atoms with van der Waals surface area (Å²) in [4.78, 5) is 0. The first-order valence-corrected chi connectivity index (χ1v) is 3.81. The summed E-state index contributed by atoms with van der Waals surface area (Å²) >= 11 is 0.